The highest BCUT2D eigenvalue weighted by Crippen LogP contribution is 2.19. The minimum atomic E-state index is 0.674. The highest BCUT2D eigenvalue weighted by atomic mass is 14.1. The maximum atomic E-state index is 3.75. The molecule has 0 nitrogen and oxygen atoms in total. The molecule has 0 saturated heterocycles. The largest absolute Gasteiger partial charge is 0.103 e. The van der Waals surface area contributed by atoms with Crippen LogP contribution in [0, 0.1) is 5.92 Å². The summed E-state index contributed by atoms with van der Waals surface area (Å²) < 4.78 is 0. The van der Waals surface area contributed by atoms with Gasteiger partial charge in [0.2, 0.25) is 0 Å². The Hall–Kier alpha value is -0.520. The predicted octanol–water partition coefficient (Wildman–Crippen LogP) is 3.95. The minimum Gasteiger partial charge on any atom is -0.103 e. The summed E-state index contributed by atoms with van der Waals surface area (Å²) in [6, 6.07) is 0. The van der Waals surface area contributed by atoms with E-state index in [9.17, 15) is 0 Å². The van der Waals surface area contributed by atoms with E-state index in [1.807, 2.05) is 6.08 Å². The third-order valence-corrected chi connectivity index (χ3v) is 2.46. The SMILES string of the molecule is C=CCC(C)C(C)=C(C)CC. The molecule has 0 amide bonds. The van der Waals surface area contributed by atoms with Gasteiger partial charge >= 0.3 is 0 Å². The molecule has 0 rings (SSSR count). The lowest BCUT2D eigenvalue weighted by molar-refractivity contribution is 0.681. The molecule has 1 atom stereocenters. The topological polar surface area (TPSA) is 0 Å². The number of rotatable bonds is 4. The maximum Gasteiger partial charge on any atom is -0.0197 e. The van der Waals surface area contributed by atoms with E-state index in [1.54, 1.807) is 0 Å². The number of allylic oxidation sites excluding steroid dienone is 3. The fourth-order valence-corrected chi connectivity index (χ4v) is 1.13. The molecule has 0 aromatic rings. The molecule has 0 aromatic carbocycles. The summed E-state index contributed by atoms with van der Waals surface area (Å²) in [4.78, 5) is 0. The van der Waals surface area contributed by atoms with Gasteiger partial charge < -0.3 is 0 Å². The van der Waals surface area contributed by atoms with Gasteiger partial charge in [-0.2, -0.15) is 0 Å². The lowest BCUT2D eigenvalue weighted by atomic mass is 9.94. The van der Waals surface area contributed by atoms with E-state index in [2.05, 4.69) is 34.3 Å². The summed E-state index contributed by atoms with van der Waals surface area (Å²) in [7, 11) is 0. The first-order valence-corrected chi connectivity index (χ1v) is 4.40. The van der Waals surface area contributed by atoms with E-state index in [0.717, 1.165) is 6.42 Å². The molecule has 0 heteroatoms. The summed E-state index contributed by atoms with van der Waals surface area (Å²) in [6.07, 6.45) is 4.27. The van der Waals surface area contributed by atoms with Crippen molar-refractivity contribution >= 4 is 0 Å². The molecule has 11 heavy (non-hydrogen) atoms. The van der Waals surface area contributed by atoms with Crippen molar-refractivity contribution in [1.82, 2.24) is 0 Å². The van der Waals surface area contributed by atoms with Crippen molar-refractivity contribution in [3.05, 3.63) is 23.8 Å². The summed E-state index contributed by atoms with van der Waals surface area (Å²) in [5.41, 5.74) is 3.06. The Morgan fingerprint density at radius 1 is 1.45 bits per heavy atom. The van der Waals surface area contributed by atoms with Gasteiger partial charge in [0.05, 0.1) is 0 Å². The van der Waals surface area contributed by atoms with Gasteiger partial charge in [0.15, 0.2) is 0 Å². The Kier molecular flexibility index (Phi) is 4.93. The van der Waals surface area contributed by atoms with Gasteiger partial charge in [-0.25, -0.2) is 0 Å². The summed E-state index contributed by atoms with van der Waals surface area (Å²) >= 11 is 0. The van der Waals surface area contributed by atoms with Crippen molar-refractivity contribution in [1.29, 1.82) is 0 Å². The van der Waals surface area contributed by atoms with E-state index in [0.29, 0.717) is 5.92 Å². The van der Waals surface area contributed by atoms with Crippen LogP contribution in [-0.2, 0) is 0 Å². The van der Waals surface area contributed by atoms with Crippen LogP contribution < -0.4 is 0 Å². The Bertz CT molecular complexity index is 151. The first-order valence-electron chi connectivity index (χ1n) is 4.40. The lowest BCUT2D eigenvalue weighted by Crippen LogP contribution is -1.96. The van der Waals surface area contributed by atoms with Crippen LogP contribution in [0.5, 0.6) is 0 Å². The zero-order valence-corrected chi connectivity index (χ0v) is 8.28. The van der Waals surface area contributed by atoms with E-state index in [-0.39, 0.29) is 0 Å². The van der Waals surface area contributed by atoms with Crippen molar-refractivity contribution in [3.8, 4) is 0 Å². The standard InChI is InChI=1S/C11H20/c1-6-8-10(4)11(5)9(3)7-2/h6,10H,1,7-8H2,2-5H3. The molecule has 0 bridgehead atoms. The summed E-state index contributed by atoms with van der Waals surface area (Å²) in [5.74, 6) is 0.674. The zero-order valence-electron chi connectivity index (χ0n) is 8.28. The second-order valence-corrected chi connectivity index (χ2v) is 3.24. The summed E-state index contributed by atoms with van der Waals surface area (Å²) in [5, 5.41) is 0. The third-order valence-electron chi connectivity index (χ3n) is 2.46. The van der Waals surface area contributed by atoms with Gasteiger partial charge in [-0.1, -0.05) is 31.1 Å². The molecule has 0 aromatic heterocycles. The lowest BCUT2D eigenvalue weighted by Gasteiger charge is -2.12. The van der Waals surface area contributed by atoms with Crippen molar-refractivity contribution in [2.45, 2.75) is 40.5 Å². The second-order valence-electron chi connectivity index (χ2n) is 3.24. The van der Waals surface area contributed by atoms with Crippen LogP contribution in [0.15, 0.2) is 23.8 Å². The first kappa shape index (κ1) is 10.5. The maximum absolute atomic E-state index is 3.75. The molecule has 0 aliphatic heterocycles. The van der Waals surface area contributed by atoms with Crippen molar-refractivity contribution in [3.63, 3.8) is 0 Å². The van der Waals surface area contributed by atoms with Crippen molar-refractivity contribution in [2.75, 3.05) is 0 Å². The molecule has 0 spiro atoms. The van der Waals surface area contributed by atoms with Crippen LogP contribution in [0.3, 0.4) is 0 Å². The van der Waals surface area contributed by atoms with Crippen LogP contribution in [0.25, 0.3) is 0 Å². The van der Waals surface area contributed by atoms with Crippen molar-refractivity contribution < 1.29 is 0 Å². The van der Waals surface area contributed by atoms with Gasteiger partial charge in [0, 0.05) is 0 Å². The van der Waals surface area contributed by atoms with E-state index >= 15 is 0 Å². The molecule has 0 saturated carbocycles. The molecule has 0 fully saturated rings. The molecule has 1 unspecified atom stereocenters. The average Bonchev–Trinajstić information content (AvgIpc) is 2.02. The molecule has 0 radical (unpaired) electrons. The average molecular weight is 152 g/mol. The van der Waals surface area contributed by atoms with Gasteiger partial charge in [0.1, 0.15) is 0 Å². The first-order chi connectivity index (χ1) is 5.13. The quantitative estimate of drug-likeness (QED) is 0.535. The smallest absolute Gasteiger partial charge is 0.0197 e. The third kappa shape index (κ3) is 3.41. The normalized spacial score (nSPS) is 15.6. The minimum absolute atomic E-state index is 0.674. The monoisotopic (exact) mass is 152 g/mol. The Labute approximate surface area is 71.0 Å². The molecular formula is C11H20. The molecule has 0 N–H and O–H groups in total. The number of hydrogen-bond acceptors (Lipinski definition) is 0. The van der Waals surface area contributed by atoms with Crippen molar-refractivity contribution in [2.24, 2.45) is 5.92 Å². The zero-order chi connectivity index (χ0) is 8.85. The van der Waals surface area contributed by atoms with Crippen LogP contribution in [-0.4, -0.2) is 0 Å². The Morgan fingerprint density at radius 2 is 2.00 bits per heavy atom. The molecule has 0 heterocycles. The van der Waals surface area contributed by atoms with Gasteiger partial charge in [0.25, 0.3) is 0 Å². The van der Waals surface area contributed by atoms with Crippen LogP contribution in [0.1, 0.15) is 40.5 Å². The van der Waals surface area contributed by atoms with E-state index in [4.69, 9.17) is 0 Å². The van der Waals surface area contributed by atoms with E-state index in [1.165, 1.54) is 17.6 Å². The fraction of sp³-hybridized carbons (Fsp3) is 0.636. The predicted molar refractivity (Wildman–Crippen MR) is 52.6 cm³/mol. The summed E-state index contributed by atoms with van der Waals surface area (Å²) in [6.45, 7) is 12.7. The highest BCUT2D eigenvalue weighted by Gasteiger charge is 2.03. The molecule has 0 aliphatic rings. The van der Waals surface area contributed by atoms with Crippen LogP contribution in [0.4, 0.5) is 0 Å². The highest BCUT2D eigenvalue weighted by molar-refractivity contribution is 5.12. The number of hydrogen-bond donors (Lipinski definition) is 0. The fourth-order valence-electron chi connectivity index (χ4n) is 1.13. The molecular weight excluding hydrogens is 132 g/mol. The Morgan fingerprint density at radius 3 is 2.36 bits per heavy atom. The molecule has 0 aliphatic carbocycles. The van der Waals surface area contributed by atoms with Crippen LogP contribution in [0.2, 0.25) is 0 Å². The Balaban J connectivity index is 4.19. The van der Waals surface area contributed by atoms with E-state index < -0.39 is 0 Å². The van der Waals surface area contributed by atoms with Gasteiger partial charge in [-0.15, -0.1) is 6.58 Å². The van der Waals surface area contributed by atoms with Gasteiger partial charge in [-0.05, 0) is 32.6 Å². The van der Waals surface area contributed by atoms with Gasteiger partial charge in [-0.3, -0.25) is 0 Å². The molecule has 64 valence electrons. The second kappa shape index (κ2) is 5.17. The van der Waals surface area contributed by atoms with Crippen LogP contribution >= 0.6 is 0 Å².